The molecule has 4 nitrogen and oxygen atoms in total. The van der Waals surface area contributed by atoms with Crippen molar-refractivity contribution in [3.63, 3.8) is 0 Å². The molecule has 1 rings (SSSR count). The molecule has 0 aliphatic carbocycles. The number of hydrogen-bond donors (Lipinski definition) is 1. The van der Waals surface area contributed by atoms with Gasteiger partial charge in [-0.3, -0.25) is 4.79 Å². The fourth-order valence-corrected chi connectivity index (χ4v) is 1.62. The topological polar surface area (TPSA) is 55.6 Å². The number of halogens is 1. The van der Waals surface area contributed by atoms with Crippen LogP contribution < -0.4 is 5.73 Å². The Bertz CT molecular complexity index is 212. The lowest BCUT2D eigenvalue weighted by molar-refractivity contribution is -0.132. The third-order valence-electron chi connectivity index (χ3n) is 2.79. The molecular formula is C10H21ClN2O2. The van der Waals surface area contributed by atoms with Gasteiger partial charge in [0.05, 0.1) is 12.1 Å². The van der Waals surface area contributed by atoms with Crippen LogP contribution in [0.3, 0.4) is 0 Å². The summed E-state index contributed by atoms with van der Waals surface area (Å²) in [6.07, 6.45) is 1.12. The minimum absolute atomic E-state index is 0. The number of nitrogens with two attached hydrogens (primary N) is 1. The maximum absolute atomic E-state index is 11.8. The van der Waals surface area contributed by atoms with E-state index in [1.165, 1.54) is 0 Å². The highest BCUT2D eigenvalue weighted by atomic mass is 35.5. The molecule has 0 unspecified atom stereocenters. The van der Waals surface area contributed by atoms with Gasteiger partial charge in [0.15, 0.2) is 0 Å². The molecule has 0 aromatic carbocycles. The highest BCUT2D eigenvalue weighted by molar-refractivity contribution is 5.85. The number of ether oxygens (including phenoxy) is 1. The van der Waals surface area contributed by atoms with E-state index in [9.17, 15) is 4.79 Å². The largest absolute Gasteiger partial charge is 0.380 e. The van der Waals surface area contributed by atoms with E-state index < -0.39 is 0 Å². The van der Waals surface area contributed by atoms with E-state index in [4.69, 9.17) is 10.5 Å². The molecule has 0 spiro atoms. The summed E-state index contributed by atoms with van der Waals surface area (Å²) in [4.78, 5) is 13.6. The standard InChI is InChI=1S/C10H20N2O2.ClH/c1-7(2)9(11)10(13)12-5-4-8(6-12)14-3;/h7-9H,4-6,11H2,1-3H3;1H/t8-,9-;/m1./s1. The first-order valence-electron chi connectivity index (χ1n) is 5.13. The van der Waals surface area contributed by atoms with Crippen LogP contribution in [0, 0.1) is 5.92 Å². The molecule has 1 saturated heterocycles. The number of amides is 1. The molecule has 0 aromatic rings. The zero-order valence-corrected chi connectivity index (χ0v) is 10.4. The van der Waals surface area contributed by atoms with Crippen LogP contribution in [0.4, 0.5) is 0 Å². The van der Waals surface area contributed by atoms with Crippen molar-refractivity contribution in [1.82, 2.24) is 4.90 Å². The SMILES string of the molecule is CO[C@@H]1CCN(C(=O)[C@H](N)C(C)C)C1.Cl. The van der Waals surface area contributed by atoms with Gasteiger partial charge in [0, 0.05) is 20.2 Å². The van der Waals surface area contributed by atoms with Gasteiger partial charge in [-0.25, -0.2) is 0 Å². The Kier molecular flexibility index (Phi) is 6.17. The summed E-state index contributed by atoms with van der Waals surface area (Å²) in [5.41, 5.74) is 5.79. The number of rotatable bonds is 3. The minimum atomic E-state index is -0.370. The van der Waals surface area contributed by atoms with Crippen LogP contribution in [0.1, 0.15) is 20.3 Å². The predicted molar refractivity (Wildman–Crippen MR) is 62.1 cm³/mol. The van der Waals surface area contributed by atoms with Crippen molar-refractivity contribution in [2.24, 2.45) is 11.7 Å². The van der Waals surface area contributed by atoms with E-state index in [-0.39, 0.29) is 36.4 Å². The number of nitrogens with zero attached hydrogens (tertiary/aromatic N) is 1. The highest BCUT2D eigenvalue weighted by Gasteiger charge is 2.30. The number of carbonyl (C=O) groups is 1. The molecule has 1 heterocycles. The van der Waals surface area contributed by atoms with Gasteiger partial charge in [0.1, 0.15) is 0 Å². The average Bonchev–Trinajstić information content (AvgIpc) is 2.63. The fraction of sp³-hybridized carbons (Fsp3) is 0.900. The van der Waals surface area contributed by atoms with Crippen LogP contribution in [-0.4, -0.2) is 43.2 Å². The maximum Gasteiger partial charge on any atom is 0.239 e. The van der Waals surface area contributed by atoms with Crippen LogP contribution in [0.25, 0.3) is 0 Å². The molecule has 90 valence electrons. The summed E-state index contributed by atoms with van der Waals surface area (Å²) >= 11 is 0. The number of hydrogen-bond acceptors (Lipinski definition) is 3. The van der Waals surface area contributed by atoms with E-state index in [2.05, 4.69) is 0 Å². The van der Waals surface area contributed by atoms with Gasteiger partial charge in [-0.05, 0) is 12.3 Å². The average molecular weight is 237 g/mol. The zero-order chi connectivity index (χ0) is 10.7. The molecule has 1 fully saturated rings. The summed E-state index contributed by atoms with van der Waals surface area (Å²) in [5.74, 6) is 0.253. The maximum atomic E-state index is 11.8. The van der Waals surface area contributed by atoms with Crippen molar-refractivity contribution in [1.29, 1.82) is 0 Å². The first-order chi connectivity index (χ1) is 6.56. The second-order valence-corrected chi connectivity index (χ2v) is 4.20. The third kappa shape index (κ3) is 3.63. The van der Waals surface area contributed by atoms with Crippen molar-refractivity contribution in [2.75, 3.05) is 20.2 Å². The van der Waals surface area contributed by atoms with Gasteiger partial charge in [0.2, 0.25) is 5.91 Å². The van der Waals surface area contributed by atoms with E-state index in [0.717, 1.165) is 13.0 Å². The Balaban J connectivity index is 0.00000196. The van der Waals surface area contributed by atoms with Gasteiger partial charge in [-0.15, -0.1) is 12.4 Å². The summed E-state index contributed by atoms with van der Waals surface area (Å²) < 4.78 is 5.20. The minimum Gasteiger partial charge on any atom is -0.380 e. The molecular weight excluding hydrogens is 216 g/mol. The highest BCUT2D eigenvalue weighted by Crippen LogP contribution is 2.14. The summed E-state index contributed by atoms with van der Waals surface area (Å²) in [5, 5.41) is 0. The molecule has 2 N–H and O–H groups in total. The monoisotopic (exact) mass is 236 g/mol. The van der Waals surface area contributed by atoms with Crippen molar-refractivity contribution in [3.8, 4) is 0 Å². The summed E-state index contributed by atoms with van der Waals surface area (Å²) in [6.45, 7) is 5.40. The Morgan fingerprint density at radius 2 is 2.13 bits per heavy atom. The zero-order valence-electron chi connectivity index (χ0n) is 9.60. The lowest BCUT2D eigenvalue weighted by Crippen LogP contribution is -2.45. The fourth-order valence-electron chi connectivity index (χ4n) is 1.62. The quantitative estimate of drug-likeness (QED) is 0.783. The van der Waals surface area contributed by atoms with Crippen molar-refractivity contribution >= 4 is 18.3 Å². The van der Waals surface area contributed by atoms with Gasteiger partial charge in [-0.2, -0.15) is 0 Å². The van der Waals surface area contributed by atoms with E-state index in [1.807, 2.05) is 13.8 Å². The molecule has 2 atom stereocenters. The molecule has 0 bridgehead atoms. The van der Waals surface area contributed by atoms with Crippen LogP contribution in [0.5, 0.6) is 0 Å². The predicted octanol–water partition coefficient (Wildman–Crippen LogP) is 0.639. The molecule has 0 saturated carbocycles. The molecule has 5 heteroatoms. The molecule has 1 aliphatic heterocycles. The smallest absolute Gasteiger partial charge is 0.239 e. The number of carbonyl (C=O) groups excluding carboxylic acids is 1. The van der Waals surface area contributed by atoms with Crippen LogP contribution in [-0.2, 0) is 9.53 Å². The van der Waals surface area contributed by atoms with Gasteiger partial charge in [0.25, 0.3) is 0 Å². The number of methoxy groups -OCH3 is 1. The van der Waals surface area contributed by atoms with Crippen LogP contribution in [0.15, 0.2) is 0 Å². The first kappa shape index (κ1) is 14.7. The lowest BCUT2D eigenvalue weighted by Gasteiger charge is -2.22. The first-order valence-corrected chi connectivity index (χ1v) is 5.13. The second-order valence-electron chi connectivity index (χ2n) is 4.20. The van der Waals surface area contributed by atoms with Crippen molar-refractivity contribution < 1.29 is 9.53 Å². The Labute approximate surface area is 97.5 Å². The summed E-state index contributed by atoms with van der Waals surface area (Å²) in [6, 6.07) is -0.370. The Hall–Kier alpha value is -0.320. The lowest BCUT2D eigenvalue weighted by atomic mass is 10.0. The summed E-state index contributed by atoms with van der Waals surface area (Å²) in [7, 11) is 1.68. The van der Waals surface area contributed by atoms with Crippen molar-refractivity contribution in [3.05, 3.63) is 0 Å². The van der Waals surface area contributed by atoms with Crippen molar-refractivity contribution in [2.45, 2.75) is 32.4 Å². The second kappa shape index (κ2) is 6.30. The van der Waals surface area contributed by atoms with Crippen LogP contribution in [0.2, 0.25) is 0 Å². The molecule has 1 amide bonds. The molecule has 1 aliphatic rings. The normalized spacial score (nSPS) is 22.7. The molecule has 0 aromatic heterocycles. The van der Waals surface area contributed by atoms with E-state index in [1.54, 1.807) is 12.0 Å². The van der Waals surface area contributed by atoms with E-state index in [0.29, 0.717) is 6.54 Å². The Morgan fingerprint density at radius 3 is 2.53 bits per heavy atom. The van der Waals surface area contributed by atoms with Crippen LogP contribution >= 0.6 is 12.4 Å². The van der Waals surface area contributed by atoms with Gasteiger partial charge < -0.3 is 15.4 Å². The molecule has 15 heavy (non-hydrogen) atoms. The van der Waals surface area contributed by atoms with Gasteiger partial charge in [-0.1, -0.05) is 13.8 Å². The van der Waals surface area contributed by atoms with Gasteiger partial charge >= 0.3 is 0 Å². The number of likely N-dealkylation sites (tertiary alicyclic amines) is 1. The Morgan fingerprint density at radius 1 is 1.53 bits per heavy atom. The third-order valence-corrected chi connectivity index (χ3v) is 2.79. The molecule has 0 radical (unpaired) electrons. The van der Waals surface area contributed by atoms with E-state index >= 15 is 0 Å².